The molecule has 6 heteroatoms. The van der Waals surface area contributed by atoms with E-state index in [1.807, 2.05) is 12.1 Å². The van der Waals surface area contributed by atoms with Crippen LogP contribution in [-0.2, 0) is 16.1 Å². The fourth-order valence-electron chi connectivity index (χ4n) is 4.46. The van der Waals surface area contributed by atoms with E-state index in [9.17, 15) is 4.79 Å². The standard InChI is InChI=1S/C21H27N3O3/c1-24(14-16-12-21(20(25)27-16)7-10-22-11-8-21)13-15-5-6-18(26-2)19-17(15)4-3-9-23-19/h3-6,9,16,22H,7-8,10-14H2,1-2H3. The summed E-state index contributed by atoms with van der Waals surface area (Å²) >= 11 is 0. The highest BCUT2D eigenvalue weighted by atomic mass is 16.6. The topological polar surface area (TPSA) is 63.7 Å². The van der Waals surface area contributed by atoms with Gasteiger partial charge in [0.1, 0.15) is 17.4 Å². The number of piperidine rings is 1. The summed E-state index contributed by atoms with van der Waals surface area (Å²) in [6.45, 7) is 3.33. The van der Waals surface area contributed by atoms with Crippen molar-refractivity contribution in [2.24, 2.45) is 5.41 Å². The van der Waals surface area contributed by atoms with E-state index in [-0.39, 0.29) is 17.5 Å². The van der Waals surface area contributed by atoms with E-state index in [0.29, 0.717) is 0 Å². The highest BCUT2D eigenvalue weighted by Gasteiger charge is 2.49. The molecule has 2 aliphatic heterocycles. The van der Waals surface area contributed by atoms with Gasteiger partial charge in [-0.3, -0.25) is 14.7 Å². The summed E-state index contributed by atoms with van der Waals surface area (Å²) in [5.74, 6) is 0.788. The number of hydrogen-bond donors (Lipinski definition) is 1. The van der Waals surface area contributed by atoms with Crippen molar-refractivity contribution in [3.63, 3.8) is 0 Å². The number of carbonyl (C=O) groups excluding carboxylic acids is 1. The number of carbonyl (C=O) groups is 1. The van der Waals surface area contributed by atoms with Gasteiger partial charge in [0.15, 0.2) is 0 Å². The number of cyclic esters (lactones) is 1. The van der Waals surface area contributed by atoms with Crippen molar-refractivity contribution in [2.45, 2.75) is 31.9 Å². The molecule has 3 heterocycles. The molecule has 4 rings (SSSR count). The number of esters is 1. The lowest BCUT2D eigenvalue weighted by Gasteiger charge is -2.29. The van der Waals surface area contributed by atoms with Gasteiger partial charge in [0.2, 0.25) is 0 Å². The second kappa shape index (κ2) is 7.44. The lowest BCUT2D eigenvalue weighted by atomic mass is 9.76. The van der Waals surface area contributed by atoms with Crippen LogP contribution in [0.5, 0.6) is 5.75 Å². The van der Waals surface area contributed by atoms with Gasteiger partial charge in [0.25, 0.3) is 0 Å². The molecule has 2 saturated heterocycles. The fraction of sp³-hybridized carbons (Fsp3) is 0.524. The molecule has 0 saturated carbocycles. The predicted molar refractivity (Wildman–Crippen MR) is 104 cm³/mol. The van der Waals surface area contributed by atoms with Gasteiger partial charge >= 0.3 is 5.97 Å². The van der Waals surface area contributed by atoms with Gasteiger partial charge in [0, 0.05) is 31.1 Å². The average molecular weight is 369 g/mol. The van der Waals surface area contributed by atoms with Crippen LogP contribution in [0.25, 0.3) is 10.9 Å². The van der Waals surface area contributed by atoms with Crippen LogP contribution < -0.4 is 10.1 Å². The van der Waals surface area contributed by atoms with Gasteiger partial charge in [-0.2, -0.15) is 0 Å². The Morgan fingerprint density at radius 1 is 1.33 bits per heavy atom. The smallest absolute Gasteiger partial charge is 0.312 e. The van der Waals surface area contributed by atoms with Gasteiger partial charge in [0.05, 0.1) is 12.5 Å². The Morgan fingerprint density at radius 2 is 2.15 bits per heavy atom. The third-order valence-corrected chi connectivity index (χ3v) is 5.88. The van der Waals surface area contributed by atoms with E-state index in [4.69, 9.17) is 9.47 Å². The number of ether oxygens (including phenoxy) is 2. The first-order chi connectivity index (χ1) is 13.1. The van der Waals surface area contributed by atoms with Gasteiger partial charge < -0.3 is 14.8 Å². The average Bonchev–Trinajstić information content (AvgIpc) is 2.96. The number of fused-ring (bicyclic) bond motifs is 1. The molecule has 1 aromatic heterocycles. The zero-order chi connectivity index (χ0) is 18.9. The van der Waals surface area contributed by atoms with E-state index in [0.717, 1.165) is 62.1 Å². The minimum absolute atomic E-state index is 0.00139. The van der Waals surface area contributed by atoms with Crippen molar-refractivity contribution in [1.29, 1.82) is 0 Å². The molecule has 27 heavy (non-hydrogen) atoms. The zero-order valence-corrected chi connectivity index (χ0v) is 16.0. The number of nitrogens with one attached hydrogen (secondary N) is 1. The number of nitrogens with zero attached hydrogens (tertiary/aromatic N) is 2. The number of benzene rings is 1. The van der Waals surface area contributed by atoms with E-state index in [2.05, 4.69) is 34.4 Å². The van der Waals surface area contributed by atoms with E-state index < -0.39 is 0 Å². The summed E-state index contributed by atoms with van der Waals surface area (Å²) in [5.41, 5.74) is 1.82. The van der Waals surface area contributed by atoms with Gasteiger partial charge in [-0.05, 0) is 50.7 Å². The third-order valence-electron chi connectivity index (χ3n) is 5.88. The number of hydrogen-bond acceptors (Lipinski definition) is 6. The second-order valence-electron chi connectivity index (χ2n) is 7.79. The van der Waals surface area contributed by atoms with Crippen LogP contribution in [0.2, 0.25) is 0 Å². The monoisotopic (exact) mass is 369 g/mol. The van der Waals surface area contributed by atoms with Crippen molar-refractivity contribution in [1.82, 2.24) is 15.2 Å². The number of likely N-dealkylation sites (N-methyl/N-ethyl adjacent to an activating group) is 1. The molecule has 1 aromatic carbocycles. The molecule has 2 aromatic rings. The van der Waals surface area contributed by atoms with Crippen molar-refractivity contribution in [3.05, 3.63) is 36.0 Å². The molecule has 2 aliphatic rings. The highest BCUT2D eigenvalue weighted by molar-refractivity contribution is 5.87. The van der Waals surface area contributed by atoms with Crippen LogP contribution in [0.3, 0.4) is 0 Å². The molecule has 0 amide bonds. The molecule has 6 nitrogen and oxygen atoms in total. The number of methoxy groups -OCH3 is 1. The zero-order valence-electron chi connectivity index (χ0n) is 16.0. The number of rotatable bonds is 5. The van der Waals surface area contributed by atoms with Crippen molar-refractivity contribution >= 4 is 16.9 Å². The van der Waals surface area contributed by atoms with Crippen LogP contribution >= 0.6 is 0 Å². The SMILES string of the molecule is COc1ccc(CN(C)CC2CC3(CCNCC3)C(=O)O2)c2cccnc12. The van der Waals surface area contributed by atoms with Gasteiger partial charge in [-0.25, -0.2) is 0 Å². The molecule has 0 aliphatic carbocycles. The van der Waals surface area contributed by atoms with E-state index >= 15 is 0 Å². The molecule has 144 valence electrons. The lowest BCUT2D eigenvalue weighted by molar-refractivity contribution is -0.150. The van der Waals surface area contributed by atoms with Crippen molar-refractivity contribution in [3.8, 4) is 5.75 Å². The van der Waals surface area contributed by atoms with Crippen LogP contribution in [0, 0.1) is 5.41 Å². The molecule has 1 spiro atoms. The molecular formula is C21H27N3O3. The fourth-order valence-corrected chi connectivity index (χ4v) is 4.46. The second-order valence-corrected chi connectivity index (χ2v) is 7.79. The van der Waals surface area contributed by atoms with E-state index in [1.165, 1.54) is 5.56 Å². The summed E-state index contributed by atoms with van der Waals surface area (Å²) in [4.78, 5) is 19.2. The molecule has 0 bridgehead atoms. The van der Waals surface area contributed by atoms with Gasteiger partial charge in [-0.1, -0.05) is 12.1 Å². The van der Waals surface area contributed by atoms with Crippen LogP contribution in [0.4, 0.5) is 0 Å². The Labute approximate surface area is 159 Å². The first-order valence-corrected chi connectivity index (χ1v) is 9.62. The minimum atomic E-state index is -0.256. The molecule has 0 radical (unpaired) electrons. The maximum atomic E-state index is 12.5. The normalized spacial score (nSPS) is 21.7. The third kappa shape index (κ3) is 3.51. The Balaban J connectivity index is 1.45. The summed E-state index contributed by atoms with van der Waals surface area (Å²) in [6, 6.07) is 8.09. The summed E-state index contributed by atoms with van der Waals surface area (Å²) in [7, 11) is 3.74. The van der Waals surface area contributed by atoms with Crippen LogP contribution in [0.15, 0.2) is 30.5 Å². The summed E-state index contributed by atoms with van der Waals surface area (Å²) < 4.78 is 11.2. The summed E-state index contributed by atoms with van der Waals surface area (Å²) in [5, 5.41) is 4.44. The predicted octanol–water partition coefficient (Wildman–Crippen LogP) is 2.36. The maximum Gasteiger partial charge on any atom is 0.312 e. The van der Waals surface area contributed by atoms with Crippen LogP contribution in [0.1, 0.15) is 24.8 Å². The minimum Gasteiger partial charge on any atom is -0.494 e. The quantitative estimate of drug-likeness (QED) is 0.817. The maximum absolute atomic E-state index is 12.5. The molecule has 2 fully saturated rings. The van der Waals surface area contributed by atoms with Gasteiger partial charge in [-0.15, -0.1) is 0 Å². The lowest BCUT2D eigenvalue weighted by Crippen LogP contribution is -2.39. The first-order valence-electron chi connectivity index (χ1n) is 9.62. The van der Waals surface area contributed by atoms with E-state index in [1.54, 1.807) is 13.3 Å². The van der Waals surface area contributed by atoms with Crippen molar-refractivity contribution in [2.75, 3.05) is 33.8 Å². The Bertz CT molecular complexity index is 833. The molecule has 1 unspecified atom stereocenters. The Hall–Kier alpha value is -2.18. The largest absolute Gasteiger partial charge is 0.494 e. The van der Waals surface area contributed by atoms with Crippen molar-refractivity contribution < 1.29 is 14.3 Å². The molecular weight excluding hydrogens is 342 g/mol. The number of aromatic nitrogens is 1. The summed E-state index contributed by atoms with van der Waals surface area (Å²) in [6.07, 6.45) is 4.38. The number of pyridine rings is 1. The molecule has 1 N–H and O–H groups in total. The highest BCUT2D eigenvalue weighted by Crippen LogP contribution is 2.41. The molecule has 1 atom stereocenters. The van der Waals surface area contributed by atoms with Crippen LogP contribution in [-0.4, -0.2) is 55.7 Å². The Morgan fingerprint density at radius 3 is 2.93 bits per heavy atom. The first kappa shape index (κ1) is 18.2. The Kier molecular flexibility index (Phi) is 5.02.